The molecule has 94 valence electrons. The van der Waals surface area contributed by atoms with Crippen LogP contribution >= 0.6 is 0 Å². The smallest absolute Gasteiger partial charge is 0.422 e. The van der Waals surface area contributed by atoms with Crippen LogP contribution in [0.2, 0.25) is 0 Å². The largest absolute Gasteiger partial charge is 0.482 e. The van der Waals surface area contributed by atoms with Gasteiger partial charge in [-0.2, -0.15) is 13.2 Å². The predicted molar refractivity (Wildman–Crippen MR) is 55.6 cm³/mol. The number of hydrogen-bond acceptors (Lipinski definition) is 3. The van der Waals surface area contributed by atoms with Gasteiger partial charge in [0.1, 0.15) is 5.75 Å². The number of rotatable bonds is 5. The average Bonchev–Trinajstić information content (AvgIpc) is 3.07. The molecule has 1 saturated carbocycles. The molecular weight excluding hydrogens is 233 g/mol. The Morgan fingerprint density at radius 2 is 2.18 bits per heavy atom. The Morgan fingerprint density at radius 3 is 2.82 bits per heavy atom. The third-order valence-electron chi connectivity index (χ3n) is 2.42. The van der Waals surface area contributed by atoms with Crippen LogP contribution in [0.3, 0.4) is 0 Å². The summed E-state index contributed by atoms with van der Waals surface area (Å²) in [5.74, 6) is 0.193. The standard InChI is InChI=1S/C11H13F3N2O/c12-11(13,14)7-17-10-6-15-4-3-8(10)5-16-9-1-2-9/h3-4,6,9,16H,1-2,5,7H2. The number of ether oxygens (including phenoxy) is 1. The van der Waals surface area contributed by atoms with Crippen LogP contribution < -0.4 is 10.1 Å². The van der Waals surface area contributed by atoms with Gasteiger partial charge in [0.15, 0.2) is 6.61 Å². The van der Waals surface area contributed by atoms with Crippen LogP contribution in [0.25, 0.3) is 0 Å². The van der Waals surface area contributed by atoms with Crippen molar-refractivity contribution in [3.63, 3.8) is 0 Å². The van der Waals surface area contributed by atoms with Crippen LogP contribution in [-0.2, 0) is 6.54 Å². The summed E-state index contributed by atoms with van der Waals surface area (Å²) in [5.41, 5.74) is 0.705. The molecule has 1 aromatic heterocycles. The SMILES string of the molecule is FC(F)(F)COc1cnccc1CNC1CC1. The molecule has 2 rings (SSSR count). The molecule has 0 amide bonds. The topological polar surface area (TPSA) is 34.1 Å². The van der Waals surface area contributed by atoms with E-state index in [-0.39, 0.29) is 5.75 Å². The van der Waals surface area contributed by atoms with Crippen molar-refractivity contribution in [2.45, 2.75) is 31.6 Å². The average molecular weight is 246 g/mol. The summed E-state index contributed by atoms with van der Waals surface area (Å²) in [7, 11) is 0. The summed E-state index contributed by atoms with van der Waals surface area (Å²) in [6.45, 7) is -0.768. The highest BCUT2D eigenvalue weighted by Crippen LogP contribution is 2.23. The van der Waals surface area contributed by atoms with Crippen LogP contribution in [0, 0.1) is 0 Å². The first-order valence-corrected chi connectivity index (χ1v) is 5.40. The summed E-state index contributed by atoms with van der Waals surface area (Å²) in [6.07, 6.45) is 0.796. The lowest BCUT2D eigenvalue weighted by Crippen LogP contribution is -2.21. The molecule has 0 aromatic carbocycles. The van der Waals surface area contributed by atoms with Crippen LogP contribution in [-0.4, -0.2) is 23.8 Å². The van der Waals surface area contributed by atoms with Crippen LogP contribution in [0.1, 0.15) is 18.4 Å². The fourth-order valence-corrected chi connectivity index (χ4v) is 1.39. The number of aromatic nitrogens is 1. The number of pyridine rings is 1. The number of hydrogen-bond donors (Lipinski definition) is 1. The van der Waals surface area contributed by atoms with Crippen molar-refractivity contribution < 1.29 is 17.9 Å². The quantitative estimate of drug-likeness (QED) is 0.865. The highest BCUT2D eigenvalue weighted by atomic mass is 19.4. The predicted octanol–water partition coefficient (Wildman–Crippen LogP) is 2.27. The van der Waals surface area contributed by atoms with Crippen molar-refractivity contribution in [3.05, 3.63) is 24.0 Å². The van der Waals surface area contributed by atoms with Crippen molar-refractivity contribution in [1.29, 1.82) is 0 Å². The lowest BCUT2D eigenvalue weighted by molar-refractivity contribution is -0.153. The second-order valence-electron chi connectivity index (χ2n) is 4.04. The molecule has 1 heterocycles. The molecule has 0 radical (unpaired) electrons. The van der Waals surface area contributed by atoms with E-state index in [0.717, 1.165) is 12.8 Å². The zero-order valence-electron chi connectivity index (χ0n) is 9.13. The van der Waals surface area contributed by atoms with Crippen LogP contribution in [0.5, 0.6) is 5.75 Å². The summed E-state index contributed by atoms with van der Waals surface area (Å²) >= 11 is 0. The van der Waals surface area contributed by atoms with E-state index in [0.29, 0.717) is 18.2 Å². The maximum Gasteiger partial charge on any atom is 0.422 e. The molecule has 1 aliphatic carbocycles. The zero-order chi connectivity index (χ0) is 12.3. The minimum atomic E-state index is -4.32. The second kappa shape index (κ2) is 4.91. The monoisotopic (exact) mass is 246 g/mol. The molecule has 0 aliphatic heterocycles. The van der Waals surface area contributed by atoms with E-state index in [9.17, 15) is 13.2 Å². The van der Waals surface area contributed by atoms with Gasteiger partial charge in [0.2, 0.25) is 0 Å². The highest BCUT2D eigenvalue weighted by molar-refractivity contribution is 5.29. The molecule has 1 aromatic rings. The van der Waals surface area contributed by atoms with Gasteiger partial charge in [-0.15, -0.1) is 0 Å². The first-order chi connectivity index (χ1) is 8.04. The van der Waals surface area contributed by atoms with Crippen molar-refractivity contribution in [2.75, 3.05) is 6.61 Å². The molecular formula is C11H13F3N2O. The minimum absolute atomic E-state index is 0.193. The first-order valence-electron chi connectivity index (χ1n) is 5.40. The lowest BCUT2D eigenvalue weighted by atomic mass is 10.2. The highest BCUT2D eigenvalue weighted by Gasteiger charge is 2.29. The number of nitrogens with one attached hydrogen (secondary N) is 1. The van der Waals surface area contributed by atoms with Gasteiger partial charge in [0.25, 0.3) is 0 Å². The normalized spacial score (nSPS) is 15.9. The first kappa shape index (κ1) is 12.2. The van der Waals surface area contributed by atoms with Gasteiger partial charge in [-0.25, -0.2) is 0 Å². The van der Waals surface area contributed by atoms with E-state index in [1.54, 1.807) is 12.3 Å². The molecule has 0 atom stereocenters. The fraction of sp³-hybridized carbons (Fsp3) is 0.545. The summed E-state index contributed by atoms with van der Waals surface area (Å²) in [6, 6.07) is 2.17. The molecule has 0 saturated heterocycles. The molecule has 1 N–H and O–H groups in total. The lowest BCUT2D eigenvalue weighted by Gasteiger charge is -2.12. The maximum absolute atomic E-state index is 12.0. The Balaban J connectivity index is 1.94. The van der Waals surface area contributed by atoms with Crippen molar-refractivity contribution in [2.24, 2.45) is 0 Å². The van der Waals surface area contributed by atoms with Crippen LogP contribution in [0.4, 0.5) is 13.2 Å². The second-order valence-corrected chi connectivity index (χ2v) is 4.04. The molecule has 0 unspecified atom stereocenters. The third kappa shape index (κ3) is 4.22. The van der Waals surface area contributed by atoms with E-state index in [1.807, 2.05) is 0 Å². The van der Waals surface area contributed by atoms with Gasteiger partial charge in [-0.1, -0.05) is 0 Å². The molecule has 6 heteroatoms. The Kier molecular flexibility index (Phi) is 3.51. The molecule has 1 fully saturated rings. The molecule has 1 aliphatic rings. The van der Waals surface area contributed by atoms with Gasteiger partial charge in [-0.05, 0) is 18.9 Å². The number of alkyl halides is 3. The van der Waals surface area contributed by atoms with Gasteiger partial charge in [0, 0.05) is 24.3 Å². The van der Waals surface area contributed by atoms with Gasteiger partial charge < -0.3 is 10.1 Å². The Morgan fingerprint density at radius 1 is 1.41 bits per heavy atom. The number of halogens is 3. The van der Waals surface area contributed by atoms with Crippen molar-refractivity contribution >= 4 is 0 Å². The van der Waals surface area contributed by atoms with E-state index >= 15 is 0 Å². The maximum atomic E-state index is 12.0. The van der Waals surface area contributed by atoms with Gasteiger partial charge in [0.05, 0.1) is 6.20 Å². The third-order valence-corrected chi connectivity index (χ3v) is 2.42. The van der Waals surface area contributed by atoms with E-state index in [2.05, 4.69) is 10.3 Å². The minimum Gasteiger partial charge on any atom is -0.482 e. The molecule has 0 spiro atoms. The van der Waals surface area contributed by atoms with Crippen LogP contribution in [0.15, 0.2) is 18.5 Å². The molecule has 3 nitrogen and oxygen atoms in total. The zero-order valence-corrected chi connectivity index (χ0v) is 9.13. The summed E-state index contributed by atoms with van der Waals surface area (Å²) in [4.78, 5) is 3.77. The van der Waals surface area contributed by atoms with E-state index in [1.165, 1.54) is 6.20 Å². The van der Waals surface area contributed by atoms with Gasteiger partial charge >= 0.3 is 6.18 Å². The summed E-state index contributed by atoms with van der Waals surface area (Å²) < 4.78 is 40.8. The van der Waals surface area contributed by atoms with Crippen molar-refractivity contribution in [1.82, 2.24) is 10.3 Å². The van der Waals surface area contributed by atoms with E-state index in [4.69, 9.17) is 4.74 Å². The summed E-state index contributed by atoms with van der Waals surface area (Å²) in [5, 5.41) is 3.22. The Labute approximate surface area is 97.0 Å². The van der Waals surface area contributed by atoms with Crippen molar-refractivity contribution in [3.8, 4) is 5.75 Å². The molecule has 0 bridgehead atoms. The number of nitrogens with zero attached hydrogens (tertiary/aromatic N) is 1. The molecule has 17 heavy (non-hydrogen) atoms. The fourth-order valence-electron chi connectivity index (χ4n) is 1.39. The van der Waals surface area contributed by atoms with E-state index < -0.39 is 12.8 Å². The van der Waals surface area contributed by atoms with Gasteiger partial charge in [-0.3, -0.25) is 4.98 Å². The Hall–Kier alpha value is -1.30. The Bertz CT molecular complexity index is 377.